The van der Waals surface area contributed by atoms with Crippen LogP contribution < -0.4 is 0 Å². The molecule has 0 saturated heterocycles. The van der Waals surface area contributed by atoms with Crippen molar-refractivity contribution in [3.05, 3.63) is 12.2 Å². The SMILES string of the molecule is CCC/C=C/C(=O)C=O. The van der Waals surface area contributed by atoms with Crippen LogP contribution in [0, 0.1) is 0 Å². The fourth-order valence-electron chi connectivity index (χ4n) is 0.405. The molecule has 2 nitrogen and oxygen atoms in total. The predicted octanol–water partition coefficient (Wildman–Crippen LogP) is 1.11. The van der Waals surface area contributed by atoms with Crippen molar-refractivity contribution in [2.24, 2.45) is 0 Å². The van der Waals surface area contributed by atoms with E-state index < -0.39 is 5.78 Å². The van der Waals surface area contributed by atoms with Crippen molar-refractivity contribution < 1.29 is 9.59 Å². The largest absolute Gasteiger partial charge is 0.294 e. The van der Waals surface area contributed by atoms with Crippen LogP contribution in [0.5, 0.6) is 0 Å². The van der Waals surface area contributed by atoms with Crippen LogP contribution in [-0.2, 0) is 9.59 Å². The molecule has 0 heterocycles. The summed E-state index contributed by atoms with van der Waals surface area (Å²) in [6.45, 7) is 2.01. The first-order valence-electron chi connectivity index (χ1n) is 2.97. The molecule has 9 heavy (non-hydrogen) atoms. The molecular formula is C7H10O2. The molecule has 0 saturated carbocycles. The molecule has 0 radical (unpaired) electrons. The van der Waals surface area contributed by atoms with E-state index in [2.05, 4.69) is 0 Å². The Bertz CT molecular complexity index is 125. The van der Waals surface area contributed by atoms with Crippen molar-refractivity contribution in [1.29, 1.82) is 0 Å². The first-order valence-corrected chi connectivity index (χ1v) is 2.97. The van der Waals surface area contributed by atoms with Gasteiger partial charge in [0.1, 0.15) is 0 Å². The van der Waals surface area contributed by atoms with Gasteiger partial charge in [0.2, 0.25) is 5.78 Å². The Labute approximate surface area is 54.6 Å². The molecular weight excluding hydrogens is 116 g/mol. The monoisotopic (exact) mass is 126 g/mol. The average Bonchev–Trinajstić information content (AvgIpc) is 1.89. The van der Waals surface area contributed by atoms with Gasteiger partial charge in [-0.15, -0.1) is 0 Å². The molecule has 0 aromatic carbocycles. The average molecular weight is 126 g/mol. The van der Waals surface area contributed by atoms with E-state index in [4.69, 9.17) is 0 Å². The maximum absolute atomic E-state index is 10.2. The molecule has 0 fully saturated rings. The van der Waals surface area contributed by atoms with Crippen LogP contribution in [0.15, 0.2) is 12.2 Å². The molecule has 0 aliphatic rings. The van der Waals surface area contributed by atoms with E-state index in [0.29, 0.717) is 6.29 Å². The molecule has 0 aliphatic heterocycles. The van der Waals surface area contributed by atoms with Gasteiger partial charge in [0.05, 0.1) is 0 Å². The number of unbranched alkanes of at least 4 members (excludes halogenated alkanes) is 1. The van der Waals surface area contributed by atoms with Gasteiger partial charge in [0.25, 0.3) is 0 Å². The summed E-state index contributed by atoms with van der Waals surface area (Å²) in [5, 5.41) is 0. The topological polar surface area (TPSA) is 34.1 Å². The lowest BCUT2D eigenvalue weighted by Crippen LogP contribution is -1.90. The number of ketones is 1. The molecule has 0 unspecified atom stereocenters. The second-order valence-electron chi connectivity index (χ2n) is 1.71. The van der Waals surface area contributed by atoms with Gasteiger partial charge in [-0.05, 0) is 12.5 Å². The van der Waals surface area contributed by atoms with Crippen LogP contribution in [0.1, 0.15) is 19.8 Å². The summed E-state index contributed by atoms with van der Waals surface area (Å²) in [6, 6.07) is 0. The number of hydrogen-bond acceptors (Lipinski definition) is 2. The first kappa shape index (κ1) is 8.08. The summed E-state index contributed by atoms with van der Waals surface area (Å²) in [6.07, 6.45) is 5.18. The highest BCUT2D eigenvalue weighted by Gasteiger charge is 1.86. The van der Waals surface area contributed by atoms with Gasteiger partial charge in [-0.1, -0.05) is 19.4 Å². The quantitative estimate of drug-likeness (QED) is 0.321. The van der Waals surface area contributed by atoms with Gasteiger partial charge in [-0.2, -0.15) is 0 Å². The summed E-state index contributed by atoms with van der Waals surface area (Å²) in [7, 11) is 0. The van der Waals surface area contributed by atoms with Crippen molar-refractivity contribution in [2.45, 2.75) is 19.8 Å². The van der Waals surface area contributed by atoms with Gasteiger partial charge in [0, 0.05) is 0 Å². The minimum Gasteiger partial charge on any atom is -0.294 e. The molecule has 50 valence electrons. The van der Waals surface area contributed by atoms with Gasteiger partial charge in [0.15, 0.2) is 6.29 Å². The Morgan fingerprint density at radius 2 is 2.22 bits per heavy atom. The molecule has 0 aromatic heterocycles. The second-order valence-corrected chi connectivity index (χ2v) is 1.71. The van der Waals surface area contributed by atoms with Crippen LogP contribution in [0.25, 0.3) is 0 Å². The standard InChI is InChI=1S/C7H10O2/c1-2-3-4-5-7(9)6-8/h4-6H,2-3H2,1H3/b5-4+. The fourth-order valence-corrected chi connectivity index (χ4v) is 0.405. The lowest BCUT2D eigenvalue weighted by Gasteiger charge is -1.79. The fraction of sp³-hybridized carbons (Fsp3) is 0.429. The first-order chi connectivity index (χ1) is 4.31. The van der Waals surface area contributed by atoms with Crippen molar-refractivity contribution >= 4 is 12.1 Å². The van der Waals surface area contributed by atoms with Gasteiger partial charge >= 0.3 is 0 Å². The number of hydrogen-bond donors (Lipinski definition) is 0. The molecule has 0 amide bonds. The third-order valence-corrected chi connectivity index (χ3v) is 0.854. The molecule has 0 N–H and O–H groups in total. The minimum atomic E-state index is -0.455. The van der Waals surface area contributed by atoms with E-state index in [1.54, 1.807) is 6.08 Å². The minimum absolute atomic E-state index is 0.312. The van der Waals surface area contributed by atoms with E-state index in [1.807, 2.05) is 6.92 Å². The second kappa shape index (κ2) is 5.22. The lowest BCUT2D eigenvalue weighted by atomic mass is 10.3. The Balaban J connectivity index is 3.44. The van der Waals surface area contributed by atoms with Crippen LogP contribution >= 0.6 is 0 Å². The van der Waals surface area contributed by atoms with Gasteiger partial charge in [-0.3, -0.25) is 9.59 Å². The maximum atomic E-state index is 10.2. The van der Waals surface area contributed by atoms with Crippen LogP contribution in [0.3, 0.4) is 0 Å². The molecule has 0 atom stereocenters. The highest BCUT2D eigenvalue weighted by molar-refractivity contribution is 6.30. The summed E-state index contributed by atoms with van der Waals surface area (Å²) >= 11 is 0. The Hall–Kier alpha value is -0.920. The zero-order chi connectivity index (χ0) is 7.11. The molecule has 0 bridgehead atoms. The van der Waals surface area contributed by atoms with Crippen molar-refractivity contribution in [2.75, 3.05) is 0 Å². The third-order valence-electron chi connectivity index (χ3n) is 0.854. The Morgan fingerprint density at radius 1 is 1.56 bits per heavy atom. The number of rotatable bonds is 4. The maximum Gasteiger partial charge on any atom is 0.217 e. The zero-order valence-electron chi connectivity index (χ0n) is 5.46. The zero-order valence-corrected chi connectivity index (χ0v) is 5.46. The molecule has 0 aliphatic carbocycles. The van der Waals surface area contributed by atoms with E-state index in [9.17, 15) is 9.59 Å². The van der Waals surface area contributed by atoms with Crippen LogP contribution in [0.4, 0.5) is 0 Å². The molecule has 0 rings (SSSR count). The van der Waals surface area contributed by atoms with Crippen molar-refractivity contribution in [3.8, 4) is 0 Å². The lowest BCUT2D eigenvalue weighted by molar-refractivity contribution is -0.126. The highest BCUT2D eigenvalue weighted by Crippen LogP contribution is 1.87. The van der Waals surface area contributed by atoms with E-state index in [-0.39, 0.29) is 0 Å². The molecule has 0 aromatic rings. The van der Waals surface area contributed by atoms with Gasteiger partial charge in [-0.25, -0.2) is 0 Å². The normalized spacial score (nSPS) is 9.89. The predicted molar refractivity (Wildman–Crippen MR) is 35.1 cm³/mol. The highest BCUT2D eigenvalue weighted by atomic mass is 16.2. The van der Waals surface area contributed by atoms with E-state index >= 15 is 0 Å². The summed E-state index contributed by atoms with van der Waals surface area (Å²) in [4.78, 5) is 19.9. The number of allylic oxidation sites excluding steroid dienone is 2. The van der Waals surface area contributed by atoms with E-state index in [1.165, 1.54) is 6.08 Å². The number of carbonyl (C=O) groups is 2. The summed E-state index contributed by atoms with van der Waals surface area (Å²) in [5.74, 6) is -0.455. The summed E-state index contributed by atoms with van der Waals surface area (Å²) in [5.41, 5.74) is 0. The Kier molecular flexibility index (Phi) is 4.69. The van der Waals surface area contributed by atoms with Crippen molar-refractivity contribution in [3.63, 3.8) is 0 Å². The third kappa shape index (κ3) is 4.94. The van der Waals surface area contributed by atoms with E-state index in [0.717, 1.165) is 12.8 Å². The number of aldehydes is 1. The summed E-state index contributed by atoms with van der Waals surface area (Å²) < 4.78 is 0. The number of carbonyl (C=O) groups excluding carboxylic acids is 2. The molecule has 0 spiro atoms. The smallest absolute Gasteiger partial charge is 0.217 e. The van der Waals surface area contributed by atoms with Crippen LogP contribution in [-0.4, -0.2) is 12.1 Å². The van der Waals surface area contributed by atoms with Crippen molar-refractivity contribution in [1.82, 2.24) is 0 Å². The molecule has 2 heteroatoms. The van der Waals surface area contributed by atoms with Gasteiger partial charge < -0.3 is 0 Å². The Morgan fingerprint density at radius 3 is 2.67 bits per heavy atom. The van der Waals surface area contributed by atoms with Crippen LogP contribution in [0.2, 0.25) is 0 Å².